The standard InChI is InChI=1S/C61H47N/c1-59(2)50-31-19-17-29-46(50)47-36-34-45(38-52(47)59)62(44-27-15-8-16-28-44)58-56-48-30-18-20-32-51(48)60(3,4)54(56)39-55-57(58)49-35-33-41(40-21-9-5-10-22-40)37-53(49)61(55,42-23-11-6-12-24-42)43-25-13-7-14-26-43/h5-39H,1-4H3. The van der Waals surface area contributed by atoms with Gasteiger partial charge in [0.05, 0.1) is 11.1 Å². The van der Waals surface area contributed by atoms with Gasteiger partial charge in [-0.2, -0.15) is 0 Å². The van der Waals surface area contributed by atoms with Gasteiger partial charge in [-0.3, -0.25) is 0 Å². The molecule has 0 fully saturated rings. The quantitative estimate of drug-likeness (QED) is 0.162. The zero-order valence-corrected chi connectivity index (χ0v) is 35.7. The van der Waals surface area contributed by atoms with Gasteiger partial charge in [-0.15, -0.1) is 0 Å². The van der Waals surface area contributed by atoms with Crippen LogP contribution < -0.4 is 4.90 Å². The van der Waals surface area contributed by atoms with Crippen LogP contribution in [0.25, 0.3) is 44.5 Å². The maximum absolute atomic E-state index is 2.61. The topological polar surface area (TPSA) is 3.24 Å². The van der Waals surface area contributed by atoms with Crippen molar-refractivity contribution in [1.29, 1.82) is 0 Å². The van der Waals surface area contributed by atoms with Crippen LogP contribution in [0.2, 0.25) is 0 Å². The van der Waals surface area contributed by atoms with Crippen LogP contribution in [0.3, 0.4) is 0 Å². The summed E-state index contributed by atoms with van der Waals surface area (Å²) in [7, 11) is 0. The molecular weight excluding hydrogens is 747 g/mol. The van der Waals surface area contributed by atoms with Crippen molar-refractivity contribution in [3.05, 3.63) is 257 Å². The molecule has 0 unspecified atom stereocenters. The molecule has 0 saturated heterocycles. The summed E-state index contributed by atoms with van der Waals surface area (Å²) >= 11 is 0. The average molecular weight is 794 g/mol. The predicted octanol–water partition coefficient (Wildman–Crippen LogP) is 15.8. The molecule has 9 aromatic carbocycles. The highest BCUT2D eigenvalue weighted by Crippen LogP contribution is 2.66. The third-order valence-corrected chi connectivity index (χ3v) is 14.5. The van der Waals surface area contributed by atoms with E-state index in [2.05, 4.69) is 245 Å². The summed E-state index contributed by atoms with van der Waals surface area (Å²) in [5, 5.41) is 0. The van der Waals surface area contributed by atoms with Gasteiger partial charge < -0.3 is 4.90 Å². The van der Waals surface area contributed by atoms with Crippen LogP contribution >= 0.6 is 0 Å². The SMILES string of the molecule is CC1(C)c2ccccc2-c2ccc(N(c3ccccc3)c3c4c(cc5c3-c3ccc(-c6ccccc6)cc3C5(c3ccccc3)c3ccccc3)C(C)(C)c3ccccc3-4)cc21. The second-order valence-electron chi connectivity index (χ2n) is 18.4. The lowest BCUT2D eigenvalue weighted by Crippen LogP contribution is -2.29. The first-order chi connectivity index (χ1) is 30.3. The Morgan fingerprint density at radius 1 is 0.306 bits per heavy atom. The van der Waals surface area contributed by atoms with Gasteiger partial charge in [-0.1, -0.05) is 210 Å². The maximum atomic E-state index is 2.61. The molecule has 0 atom stereocenters. The average Bonchev–Trinajstić information content (AvgIpc) is 3.84. The van der Waals surface area contributed by atoms with E-state index >= 15 is 0 Å². The molecule has 3 aliphatic rings. The van der Waals surface area contributed by atoms with Gasteiger partial charge in [-0.05, 0) is 108 Å². The number of benzene rings is 9. The highest BCUT2D eigenvalue weighted by molar-refractivity contribution is 6.07. The number of para-hydroxylation sites is 1. The molecule has 0 N–H and O–H groups in total. The smallest absolute Gasteiger partial charge is 0.0714 e. The molecule has 1 heteroatoms. The molecule has 296 valence electrons. The second-order valence-corrected chi connectivity index (χ2v) is 18.4. The summed E-state index contributed by atoms with van der Waals surface area (Å²) in [6.07, 6.45) is 0. The fourth-order valence-corrected chi connectivity index (χ4v) is 11.6. The van der Waals surface area contributed by atoms with Crippen LogP contribution in [0.1, 0.15) is 72.2 Å². The lowest BCUT2D eigenvalue weighted by Gasteiger charge is -2.36. The zero-order valence-electron chi connectivity index (χ0n) is 35.7. The summed E-state index contributed by atoms with van der Waals surface area (Å²) < 4.78 is 0. The molecule has 9 aromatic rings. The van der Waals surface area contributed by atoms with Gasteiger partial charge in [0.2, 0.25) is 0 Å². The molecule has 12 rings (SSSR count). The Morgan fingerprint density at radius 3 is 1.45 bits per heavy atom. The van der Waals surface area contributed by atoms with Crippen molar-refractivity contribution in [2.75, 3.05) is 4.90 Å². The van der Waals surface area contributed by atoms with Crippen molar-refractivity contribution in [2.24, 2.45) is 0 Å². The lowest BCUT2D eigenvalue weighted by atomic mass is 9.66. The van der Waals surface area contributed by atoms with E-state index in [0.717, 1.165) is 11.4 Å². The molecule has 0 aliphatic heterocycles. The van der Waals surface area contributed by atoms with E-state index in [-0.39, 0.29) is 10.8 Å². The molecule has 0 amide bonds. The predicted molar refractivity (Wildman–Crippen MR) is 259 cm³/mol. The third kappa shape index (κ3) is 4.97. The van der Waals surface area contributed by atoms with E-state index in [1.807, 2.05) is 0 Å². The second kappa shape index (κ2) is 13.4. The minimum absolute atomic E-state index is 0.157. The number of hydrogen-bond acceptors (Lipinski definition) is 1. The minimum Gasteiger partial charge on any atom is -0.309 e. The minimum atomic E-state index is -0.615. The van der Waals surface area contributed by atoms with Crippen LogP contribution in [0.5, 0.6) is 0 Å². The Kier molecular flexibility index (Phi) is 7.91. The van der Waals surface area contributed by atoms with Crippen LogP contribution in [0.15, 0.2) is 212 Å². The van der Waals surface area contributed by atoms with Crippen LogP contribution in [-0.2, 0) is 16.2 Å². The normalized spacial score (nSPS) is 15.2. The molecule has 1 nitrogen and oxygen atoms in total. The van der Waals surface area contributed by atoms with E-state index in [4.69, 9.17) is 0 Å². The number of fused-ring (bicyclic) bond motifs is 9. The largest absolute Gasteiger partial charge is 0.309 e. The summed E-state index contributed by atoms with van der Waals surface area (Å²) in [6, 6.07) is 79.8. The first-order valence-corrected chi connectivity index (χ1v) is 22.0. The van der Waals surface area contributed by atoms with Crippen molar-refractivity contribution in [3.8, 4) is 44.5 Å². The Labute approximate surface area is 365 Å². The summed E-state index contributed by atoms with van der Waals surface area (Å²) in [4.78, 5) is 2.61. The van der Waals surface area contributed by atoms with Gasteiger partial charge in [-0.25, -0.2) is 0 Å². The molecule has 0 saturated carbocycles. The van der Waals surface area contributed by atoms with Gasteiger partial charge in [0.15, 0.2) is 0 Å². The summed E-state index contributed by atoms with van der Waals surface area (Å²) in [6.45, 7) is 9.63. The monoisotopic (exact) mass is 793 g/mol. The van der Waals surface area contributed by atoms with Gasteiger partial charge in [0.1, 0.15) is 0 Å². The van der Waals surface area contributed by atoms with Crippen LogP contribution in [0, 0.1) is 0 Å². The molecule has 0 bridgehead atoms. The number of hydrogen-bond donors (Lipinski definition) is 0. The zero-order chi connectivity index (χ0) is 41.8. The number of nitrogens with zero attached hydrogens (tertiary/aromatic N) is 1. The van der Waals surface area contributed by atoms with E-state index in [9.17, 15) is 0 Å². The Hall–Kier alpha value is -7.22. The molecule has 0 spiro atoms. The van der Waals surface area contributed by atoms with Crippen molar-refractivity contribution >= 4 is 17.1 Å². The van der Waals surface area contributed by atoms with E-state index in [1.54, 1.807) is 0 Å². The van der Waals surface area contributed by atoms with Crippen molar-refractivity contribution in [1.82, 2.24) is 0 Å². The Morgan fingerprint density at radius 2 is 0.790 bits per heavy atom. The van der Waals surface area contributed by atoms with E-state index in [1.165, 1.54) is 94.7 Å². The van der Waals surface area contributed by atoms with Gasteiger partial charge >= 0.3 is 0 Å². The van der Waals surface area contributed by atoms with Gasteiger partial charge in [0.25, 0.3) is 0 Å². The van der Waals surface area contributed by atoms with Gasteiger partial charge in [0, 0.05) is 33.3 Å². The molecule has 0 radical (unpaired) electrons. The maximum Gasteiger partial charge on any atom is 0.0714 e. The van der Waals surface area contributed by atoms with Crippen molar-refractivity contribution in [2.45, 2.75) is 43.9 Å². The van der Waals surface area contributed by atoms with Crippen LogP contribution in [0.4, 0.5) is 17.1 Å². The summed E-state index contributed by atoms with van der Waals surface area (Å²) in [5.74, 6) is 0. The van der Waals surface area contributed by atoms with Crippen molar-refractivity contribution < 1.29 is 0 Å². The molecular formula is C61H47N. The Balaban J connectivity index is 1.27. The van der Waals surface area contributed by atoms with Crippen LogP contribution in [-0.4, -0.2) is 0 Å². The molecule has 3 aliphatic carbocycles. The third-order valence-electron chi connectivity index (χ3n) is 14.5. The first-order valence-electron chi connectivity index (χ1n) is 22.0. The Bertz CT molecular complexity index is 3170. The number of rotatable bonds is 6. The summed E-state index contributed by atoms with van der Waals surface area (Å²) in [5.41, 5.74) is 23.4. The molecule has 0 heterocycles. The van der Waals surface area contributed by atoms with E-state index in [0.29, 0.717) is 0 Å². The molecule has 0 aromatic heterocycles. The number of anilines is 3. The fraction of sp³-hybridized carbons (Fsp3) is 0.115. The first kappa shape index (κ1) is 36.6. The van der Waals surface area contributed by atoms with Crippen molar-refractivity contribution in [3.63, 3.8) is 0 Å². The van der Waals surface area contributed by atoms with E-state index < -0.39 is 5.41 Å². The lowest BCUT2D eigenvalue weighted by molar-refractivity contribution is 0.656. The highest BCUT2D eigenvalue weighted by Gasteiger charge is 2.51. The fourth-order valence-electron chi connectivity index (χ4n) is 11.6. The highest BCUT2D eigenvalue weighted by atomic mass is 15.1. The molecule has 62 heavy (non-hydrogen) atoms.